The van der Waals surface area contributed by atoms with E-state index in [4.69, 9.17) is 4.52 Å². The maximum Gasteiger partial charge on any atom is 0.223 e. The lowest BCUT2D eigenvalue weighted by atomic mass is 10.1. The van der Waals surface area contributed by atoms with E-state index in [0.717, 1.165) is 16.6 Å². The molecule has 0 saturated carbocycles. The molecule has 20 heavy (non-hydrogen) atoms. The van der Waals surface area contributed by atoms with Crippen molar-refractivity contribution in [1.29, 1.82) is 0 Å². The number of rotatable bonds is 4. The van der Waals surface area contributed by atoms with Gasteiger partial charge in [-0.25, -0.2) is 4.98 Å². The van der Waals surface area contributed by atoms with Gasteiger partial charge in [0.25, 0.3) is 0 Å². The van der Waals surface area contributed by atoms with Gasteiger partial charge >= 0.3 is 0 Å². The summed E-state index contributed by atoms with van der Waals surface area (Å²) in [5, 5.41) is 18.5. The van der Waals surface area contributed by atoms with E-state index in [2.05, 4.69) is 20.4 Å². The molecule has 3 rings (SSSR count). The fourth-order valence-electron chi connectivity index (χ4n) is 2.03. The van der Waals surface area contributed by atoms with Crippen molar-refractivity contribution in [3.05, 3.63) is 42.2 Å². The highest BCUT2D eigenvalue weighted by molar-refractivity contribution is 5.92. The quantitative estimate of drug-likeness (QED) is 0.756. The molecule has 6 heteroatoms. The number of phenols is 1. The van der Waals surface area contributed by atoms with Crippen molar-refractivity contribution in [3.8, 4) is 5.75 Å². The van der Waals surface area contributed by atoms with E-state index in [1.54, 1.807) is 25.3 Å². The summed E-state index contributed by atoms with van der Waals surface area (Å²) < 4.78 is 4.92. The Morgan fingerprint density at radius 3 is 3.00 bits per heavy atom. The number of hydrogen-bond donors (Lipinski definition) is 2. The number of nitrogens with one attached hydrogen (secondary N) is 1. The second kappa shape index (κ2) is 5.16. The highest BCUT2D eigenvalue weighted by Gasteiger charge is 2.05. The van der Waals surface area contributed by atoms with Gasteiger partial charge in [0.2, 0.25) is 5.89 Å². The fraction of sp³-hybridized carbons (Fsp3) is 0.214. The number of fused-ring (bicyclic) bond motifs is 1. The van der Waals surface area contributed by atoms with Gasteiger partial charge in [0.05, 0.1) is 0 Å². The van der Waals surface area contributed by atoms with Gasteiger partial charge in [-0.1, -0.05) is 11.2 Å². The summed E-state index contributed by atoms with van der Waals surface area (Å²) in [6, 6.07) is 7.12. The summed E-state index contributed by atoms with van der Waals surface area (Å²) in [6.07, 6.45) is 2.38. The van der Waals surface area contributed by atoms with Gasteiger partial charge < -0.3 is 14.9 Å². The Labute approximate surface area is 115 Å². The minimum Gasteiger partial charge on any atom is -0.508 e. The van der Waals surface area contributed by atoms with E-state index in [1.807, 2.05) is 12.1 Å². The van der Waals surface area contributed by atoms with Crippen molar-refractivity contribution in [2.24, 2.45) is 0 Å². The van der Waals surface area contributed by atoms with Crippen LogP contribution in [0.3, 0.4) is 0 Å². The van der Waals surface area contributed by atoms with Gasteiger partial charge in [0, 0.05) is 31.5 Å². The van der Waals surface area contributed by atoms with Crippen LogP contribution < -0.4 is 5.32 Å². The largest absolute Gasteiger partial charge is 0.508 e. The Bertz CT molecular complexity index is 739. The molecule has 0 saturated heterocycles. The zero-order valence-corrected chi connectivity index (χ0v) is 11.0. The second-order valence-corrected chi connectivity index (χ2v) is 4.47. The van der Waals surface area contributed by atoms with Crippen molar-refractivity contribution in [2.75, 3.05) is 11.9 Å². The molecule has 2 heterocycles. The second-order valence-electron chi connectivity index (χ2n) is 4.47. The first-order valence-corrected chi connectivity index (χ1v) is 6.33. The maximum absolute atomic E-state index is 9.57. The Kier molecular flexibility index (Phi) is 3.20. The van der Waals surface area contributed by atoms with Crippen LogP contribution in [0.2, 0.25) is 0 Å². The molecule has 0 spiro atoms. The predicted molar refractivity (Wildman–Crippen MR) is 74.6 cm³/mol. The van der Waals surface area contributed by atoms with E-state index in [0.29, 0.717) is 24.7 Å². The Morgan fingerprint density at radius 2 is 2.20 bits per heavy atom. The van der Waals surface area contributed by atoms with Crippen LogP contribution in [0.25, 0.3) is 10.8 Å². The molecular formula is C14H14N4O2. The smallest absolute Gasteiger partial charge is 0.223 e. The third-order valence-electron chi connectivity index (χ3n) is 2.96. The van der Waals surface area contributed by atoms with Crippen molar-refractivity contribution in [2.45, 2.75) is 13.3 Å². The van der Waals surface area contributed by atoms with Crippen molar-refractivity contribution in [1.82, 2.24) is 15.1 Å². The van der Waals surface area contributed by atoms with Crippen LogP contribution in [0, 0.1) is 6.92 Å². The van der Waals surface area contributed by atoms with E-state index in [1.165, 1.54) is 0 Å². The van der Waals surface area contributed by atoms with Gasteiger partial charge in [0.15, 0.2) is 5.82 Å². The molecule has 1 aromatic carbocycles. The number of phenolic OH excluding ortho intramolecular Hbond substituents is 1. The zero-order valence-electron chi connectivity index (χ0n) is 11.0. The summed E-state index contributed by atoms with van der Waals surface area (Å²) in [7, 11) is 0. The number of pyridine rings is 1. The first kappa shape index (κ1) is 12.4. The molecule has 0 fully saturated rings. The van der Waals surface area contributed by atoms with Crippen molar-refractivity contribution >= 4 is 16.6 Å². The van der Waals surface area contributed by atoms with Gasteiger partial charge in [-0.3, -0.25) is 0 Å². The number of nitrogens with zero attached hydrogens (tertiary/aromatic N) is 3. The number of anilines is 1. The predicted octanol–water partition coefficient (Wildman–Crippen LogP) is 2.29. The highest BCUT2D eigenvalue weighted by Crippen LogP contribution is 2.24. The first-order valence-electron chi connectivity index (χ1n) is 6.33. The molecule has 2 aromatic heterocycles. The monoisotopic (exact) mass is 270 g/mol. The molecule has 0 aliphatic rings. The summed E-state index contributed by atoms with van der Waals surface area (Å²) in [4.78, 5) is 8.44. The van der Waals surface area contributed by atoms with E-state index < -0.39 is 0 Å². The minimum absolute atomic E-state index is 0.224. The number of aromatic nitrogens is 3. The molecule has 2 N–H and O–H groups in total. The van der Waals surface area contributed by atoms with Gasteiger partial charge in [-0.05, 0) is 23.6 Å². The molecule has 6 nitrogen and oxygen atoms in total. The van der Waals surface area contributed by atoms with E-state index in [9.17, 15) is 5.11 Å². The number of hydrogen-bond acceptors (Lipinski definition) is 6. The average molecular weight is 270 g/mol. The SMILES string of the molecule is Cc1nc(CCNc2nccc3ccc(O)cc23)no1. The minimum atomic E-state index is 0.224. The van der Waals surface area contributed by atoms with Crippen LogP contribution >= 0.6 is 0 Å². The molecule has 0 radical (unpaired) electrons. The van der Waals surface area contributed by atoms with Gasteiger partial charge in [-0.2, -0.15) is 4.98 Å². The third-order valence-corrected chi connectivity index (χ3v) is 2.96. The zero-order chi connectivity index (χ0) is 13.9. The average Bonchev–Trinajstić information content (AvgIpc) is 2.85. The Hall–Kier alpha value is -2.63. The van der Waals surface area contributed by atoms with Crippen molar-refractivity contribution < 1.29 is 9.63 Å². The molecule has 0 atom stereocenters. The maximum atomic E-state index is 9.57. The molecular weight excluding hydrogens is 256 g/mol. The number of benzene rings is 1. The van der Waals surface area contributed by atoms with Crippen LogP contribution in [-0.4, -0.2) is 26.8 Å². The molecule has 0 aliphatic carbocycles. The summed E-state index contributed by atoms with van der Waals surface area (Å²) in [5.74, 6) is 2.19. The number of aromatic hydroxyl groups is 1. The van der Waals surface area contributed by atoms with E-state index in [-0.39, 0.29) is 5.75 Å². The topological polar surface area (TPSA) is 84.1 Å². The van der Waals surface area contributed by atoms with Gasteiger partial charge in [0.1, 0.15) is 11.6 Å². The first-order chi connectivity index (χ1) is 9.72. The lowest BCUT2D eigenvalue weighted by Gasteiger charge is -2.07. The third kappa shape index (κ3) is 2.54. The molecule has 0 amide bonds. The van der Waals surface area contributed by atoms with Crippen LogP contribution in [0.1, 0.15) is 11.7 Å². The molecule has 0 aliphatic heterocycles. The molecule has 0 unspecified atom stereocenters. The normalized spacial score (nSPS) is 10.8. The van der Waals surface area contributed by atoms with Crippen LogP contribution in [-0.2, 0) is 6.42 Å². The molecule has 0 bridgehead atoms. The van der Waals surface area contributed by atoms with Gasteiger partial charge in [-0.15, -0.1) is 0 Å². The highest BCUT2D eigenvalue weighted by atomic mass is 16.5. The molecule has 102 valence electrons. The van der Waals surface area contributed by atoms with Crippen LogP contribution in [0.15, 0.2) is 35.0 Å². The fourth-order valence-corrected chi connectivity index (χ4v) is 2.03. The summed E-state index contributed by atoms with van der Waals surface area (Å²) in [6.45, 7) is 2.40. The van der Waals surface area contributed by atoms with Crippen LogP contribution in [0.5, 0.6) is 5.75 Å². The summed E-state index contributed by atoms with van der Waals surface area (Å²) >= 11 is 0. The lowest BCUT2D eigenvalue weighted by molar-refractivity contribution is 0.387. The Balaban J connectivity index is 1.75. The van der Waals surface area contributed by atoms with Crippen LogP contribution in [0.4, 0.5) is 5.82 Å². The van der Waals surface area contributed by atoms with E-state index >= 15 is 0 Å². The Morgan fingerprint density at radius 1 is 1.30 bits per heavy atom. The van der Waals surface area contributed by atoms with Crippen molar-refractivity contribution in [3.63, 3.8) is 0 Å². The standard InChI is InChI=1S/C14H14N4O2/c1-9-17-13(18-20-9)5-7-16-14-12-8-11(19)3-2-10(12)4-6-15-14/h2-4,6,8,19H,5,7H2,1H3,(H,15,16). The summed E-state index contributed by atoms with van der Waals surface area (Å²) in [5.41, 5.74) is 0. The number of aryl methyl sites for hydroxylation is 1. The molecule has 3 aromatic rings. The lowest BCUT2D eigenvalue weighted by Crippen LogP contribution is -2.07.